The van der Waals surface area contributed by atoms with E-state index in [1.165, 1.54) is 32.1 Å². The number of imidazole rings is 1. The molecule has 0 radical (unpaired) electrons. The second-order valence-corrected chi connectivity index (χ2v) is 13.8. The highest BCUT2D eigenvalue weighted by Gasteiger charge is 2.23. The van der Waals surface area contributed by atoms with Gasteiger partial charge in [-0.05, 0) is 85.7 Å². The van der Waals surface area contributed by atoms with Gasteiger partial charge in [-0.3, -0.25) is 18.8 Å². The van der Waals surface area contributed by atoms with Gasteiger partial charge < -0.3 is 15.2 Å². The van der Waals surface area contributed by atoms with E-state index >= 15 is 0 Å². The van der Waals surface area contributed by atoms with Crippen molar-refractivity contribution >= 4 is 15.7 Å². The van der Waals surface area contributed by atoms with Crippen LogP contribution in [0.2, 0.25) is 0 Å². The van der Waals surface area contributed by atoms with E-state index in [0.29, 0.717) is 43.2 Å². The summed E-state index contributed by atoms with van der Waals surface area (Å²) in [7, 11) is -3.83. The molecule has 4 aromatic rings. The van der Waals surface area contributed by atoms with Gasteiger partial charge in [-0.2, -0.15) is 0 Å². The number of rotatable bonds is 13. The lowest BCUT2D eigenvalue weighted by atomic mass is 10.0. The quantitative estimate of drug-likeness (QED) is 0.193. The third-order valence-corrected chi connectivity index (χ3v) is 10.3. The Hall–Kier alpha value is -3.93. The van der Waals surface area contributed by atoms with E-state index in [9.17, 15) is 18.3 Å². The zero-order valence-corrected chi connectivity index (χ0v) is 26.2. The van der Waals surface area contributed by atoms with Crippen molar-refractivity contribution < 1.29 is 18.3 Å². The highest BCUT2D eigenvalue weighted by atomic mass is 32.2. The second kappa shape index (κ2) is 14.0. The van der Waals surface area contributed by atoms with Gasteiger partial charge in [-0.1, -0.05) is 31.7 Å². The fourth-order valence-corrected chi connectivity index (χ4v) is 7.45. The first-order valence-corrected chi connectivity index (χ1v) is 17.3. The van der Waals surface area contributed by atoms with Crippen molar-refractivity contribution in [2.75, 3.05) is 17.8 Å². The van der Waals surface area contributed by atoms with Crippen molar-refractivity contribution in [3.63, 3.8) is 0 Å². The molecular weight excluding hydrogens is 590 g/mol. The molecule has 0 saturated heterocycles. The van der Waals surface area contributed by atoms with Crippen LogP contribution in [0.4, 0.5) is 5.69 Å². The SMILES string of the molecule is O=c1n(CCCC2CCCC2)ccn1-c1ccc(NS(=O)(=O)c2ccc3c(c2)CCC(CNC[C@H](O)c2cccnc2)O3)cc1. The van der Waals surface area contributed by atoms with E-state index in [2.05, 4.69) is 15.0 Å². The van der Waals surface area contributed by atoms with E-state index < -0.39 is 16.1 Å². The summed E-state index contributed by atoms with van der Waals surface area (Å²) in [5, 5.41) is 13.6. The number of anilines is 1. The first-order valence-electron chi connectivity index (χ1n) is 15.8. The Kier molecular flexibility index (Phi) is 9.67. The molecule has 2 aliphatic rings. The number of pyridine rings is 1. The number of hydrogen-bond acceptors (Lipinski definition) is 7. The van der Waals surface area contributed by atoms with E-state index in [0.717, 1.165) is 29.9 Å². The Bertz CT molecular complexity index is 1730. The first kappa shape index (κ1) is 31.1. The van der Waals surface area contributed by atoms with Gasteiger partial charge in [0.15, 0.2) is 0 Å². The Labute approximate surface area is 264 Å². The van der Waals surface area contributed by atoms with Crippen molar-refractivity contribution in [3.05, 3.63) is 101 Å². The average Bonchev–Trinajstić information content (AvgIpc) is 3.71. The molecule has 6 rings (SSSR count). The third-order valence-electron chi connectivity index (χ3n) is 8.88. The minimum Gasteiger partial charge on any atom is -0.489 e. The molecule has 1 saturated carbocycles. The van der Waals surface area contributed by atoms with Crippen LogP contribution in [0.3, 0.4) is 0 Å². The van der Waals surface area contributed by atoms with Crippen LogP contribution in [0, 0.1) is 5.92 Å². The number of sulfonamides is 1. The van der Waals surface area contributed by atoms with Gasteiger partial charge in [0.2, 0.25) is 0 Å². The van der Waals surface area contributed by atoms with Crippen LogP contribution in [0.25, 0.3) is 5.69 Å². The molecule has 0 amide bonds. The number of aromatic nitrogens is 3. The van der Waals surface area contributed by atoms with Crippen molar-refractivity contribution in [1.82, 2.24) is 19.4 Å². The van der Waals surface area contributed by atoms with Gasteiger partial charge in [-0.15, -0.1) is 0 Å². The lowest BCUT2D eigenvalue weighted by Crippen LogP contribution is -2.36. The summed E-state index contributed by atoms with van der Waals surface area (Å²) in [4.78, 5) is 17.2. The lowest BCUT2D eigenvalue weighted by molar-refractivity contribution is 0.146. The molecular formula is C34H41N5O5S. The number of benzene rings is 2. The van der Waals surface area contributed by atoms with Crippen molar-refractivity contribution in [2.45, 2.75) is 75.0 Å². The van der Waals surface area contributed by atoms with E-state index in [4.69, 9.17) is 4.74 Å². The van der Waals surface area contributed by atoms with Crippen molar-refractivity contribution in [2.24, 2.45) is 5.92 Å². The minimum absolute atomic E-state index is 0.0842. The van der Waals surface area contributed by atoms with E-state index in [1.807, 2.05) is 12.3 Å². The van der Waals surface area contributed by atoms with Crippen LogP contribution in [0.1, 0.15) is 62.2 Å². The predicted octanol–water partition coefficient (Wildman–Crippen LogP) is 4.82. The van der Waals surface area contributed by atoms with Gasteiger partial charge in [-0.25, -0.2) is 13.2 Å². The highest BCUT2D eigenvalue weighted by molar-refractivity contribution is 7.92. The molecule has 2 atom stereocenters. The number of nitrogens with zero attached hydrogens (tertiary/aromatic N) is 3. The monoisotopic (exact) mass is 631 g/mol. The standard InChI is InChI=1S/C34H41N5O5S/c40-32(27-8-3-17-35-22-27)24-36-23-30-14-9-26-21-31(15-16-33(26)44-30)45(42,43)37-28-10-12-29(13-11-28)39-20-19-38(34(39)41)18-4-7-25-5-1-2-6-25/h3,8,10-13,15-17,19-22,25,30,32,36-37,40H,1-2,4-7,9,14,18,23-24H2/t30?,32-/m0/s1. The maximum absolute atomic E-state index is 13.2. The molecule has 0 spiro atoms. The summed E-state index contributed by atoms with van der Waals surface area (Å²) in [6, 6.07) is 15.4. The summed E-state index contributed by atoms with van der Waals surface area (Å²) in [6.07, 6.45) is 15.0. The number of aryl methyl sites for hydroxylation is 2. The predicted molar refractivity (Wildman–Crippen MR) is 173 cm³/mol. The van der Waals surface area contributed by atoms with Gasteiger partial charge in [0, 0.05) is 55.7 Å². The highest BCUT2D eigenvalue weighted by Crippen LogP contribution is 2.31. The number of hydrogen-bond donors (Lipinski definition) is 3. The maximum atomic E-state index is 13.2. The summed E-state index contributed by atoms with van der Waals surface area (Å²) < 4.78 is 38.6. The Morgan fingerprint density at radius 2 is 1.87 bits per heavy atom. The smallest absolute Gasteiger partial charge is 0.332 e. The Morgan fingerprint density at radius 1 is 1.04 bits per heavy atom. The van der Waals surface area contributed by atoms with E-state index in [1.54, 1.807) is 76.3 Å². The Morgan fingerprint density at radius 3 is 2.64 bits per heavy atom. The second-order valence-electron chi connectivity index (χ2n) is 12.1. The van der Waals surface area contributed by atoms with Crippen LogP contribution in [0.15, 0.2) is 89.1 Å². The van der Waals surface area contributed by atoms with Crippen LogP contribution < -0.4 is 20.5 Å². The molecule has 238 valence electrons. The molecule has 11 heteroatoms. The average molecular weight is 632 g/mol. The number of aliphatic hydroxyl groups is 1. The molecule has 2 aromatic carbocycles. The fraction of sp³-hybridized carbons (Fsp3) is 0.412. The van der Waals surface area contributed by atoms with Crippen molar-refractivity contribution in [1.29, 1.82) is 0 Å². The molecule has 3 N–H and O–H groups in total. The van der Waals surface area contributed by atoms with Crippen molar-refractivity contribution in [3.8, 4) is 11.4 Å². The number of ether oxygens (including phenoxy) is 1. The van der Waals surface area contributed by atoms with Crippen LogP contribution in [-0.4, -0.2) is 46.8 Å². The van der Waals surface area contributed by atoms with Gasteiger partial charge in [0.05, 0.1) is 16.7 Å². The van der Waals surface area contributed by atoms with Gasteiger partial charge in [0.25, 0.3) is 10.0 Å². The summed E-state index contributed by atoms with van der Waals surface area (Å²) in [6.45, 7) is 1.65. The molecule has 1 unspecified atom stereocenters. The molecule has 45 heavy (non-hydrogen) atoms. The van der Waals surface area contributed by atoms with E-state index in [-0.39, 0.29) is 16.7 Å². The molecule has 0 bridgehead atoms. The molecule has 1 aliphatic carbocycles. The fourth-order valence-electron chi connectivity index (χ4n) is 6.34. The van der Waals surface area contributed by atoms with Gasteiger partial charge >= 0.3 is 5.69 Å². The molecule has 1 fully saturated rings. The minimum atomic E-state index is -3.83. The molecule has 3 heterocycles. The summed E-state index contributed by atoms with van der Waals surface area (Å²) in [5.41, 5.74) is 2.59. The van der Waals surface area contributed by atoms with Crippen LogP contribution in [-0.2, 0) is 23.0 Å². The zero-order valence-electron chi connectivity index (χ0n) is 25.3. The maximum Gasteiger partial charge on any atom is 0.332 e. The first-order chi connectivity index (χ1) is 21.9. The molecule has 1 aliphatic heterocycles. The topological polar surface area (TPSA) is 127 Å². The number of aliphatic hydroxyl groups excluding tert-OH is 1. The lowest BCUT2D eigenvalue weighted by Gasteiger charge is -2.27. The van der Waals surface area contributed by atoms with Crippen LogP contribution in [0.5, 0.6) is 5.75 Å². The summed E-state index contributed by atoms with van der Waals surface area (Å²) in [5.74, 6) is 1.47. The number of nitrogens with one attached hydrogen (secondary N) is 2. The largest absolute Gasteiger partial charge is 0.489 e. The normalized spacial score (nSPS) is 17.5. The Balaban J connectivity index is 1.02. The number of fused-ring (bicyclic) bond motifs is 1. The molecule has 2 aromatic heterocycles. The van der Waals surface area contributed by atoms with Crippen LogP contribution >= 0.6 is 0 Å². The summed E-state index contributed by atoms with van der Waals surface area (Å²) >= 11 is 0. The van der Waals surface area contributed by atoms with Gasteiger partial charge in [0.1, 0.15) is 11.9 Å². The zero-order chi connectivity index (χ0) is 31.2. The third kappa shape index (κ3) is 7.66. The molecule has 10 nitrogen and oxygen atoms in total.